The first kappa shape index (κ1) is 13.1. The molecular weight excluding hydrogens is 250 g/mol. The van der Waals surface area contributed by atoms with Gasteiger partial charge in [-0.05, 0) is 36.6 Å². The second-order valence-electron chi connectivity index (χ2n) is 5.12. The number of hydrogen-bond donors (Lipinski definition) is 0. The predicted octanol–water partition coefficient (Wildman–Crippen LogP) is 2.82. The van der Waals surface area contributed by atoms with Crippen LogP contribution < -0.4 is 4.74 Å². The minimum Gasteiger partial charge on any atom is -0.481 e. The van der Waals surface area contributed by atoms with Crippen LogP contribution in [0.5, 0.6) is 5.88 Å². The van der Waals surface area contributed by atoms with Gasteiger partial charge in [0.15, 0.2) is 0 Å². The second kappa shape index (κ2) is 6.01. The van der Waals surface area contributed by atoms with E-state index in [1.165, 1.54) is 24.0 Å². The summed E-state index contributed by atoms with van der Waals surface area (Å²) in [6, 6.07) is 8.67. The van der Waals surface area contributed by atoms with Crippen molar-refractivity contribution in [2.45, 2.75) is 25.4 Å². The number of ether oxygens (including phenoxy) is 1. The highest BCUT2D eigenvalue weighted by Crippen LogP contribution is 2.32. The molecule has 4 nitrogen and oxygen atoms in total. The Bertz CT molecular complexity index is 541. The minimum absolute atomic E-state index is 0.478. The van der Waals surface area contributed by atoms with Crippen LogP contribution in [-0.4, -0.2) is 28.5 Å². The third-order valence-electron chi connectivity index (χ3n) is 3.83. The van der Waals surface area contributed by atoms with Crippen LogP contribution in [-0.2, 0) is 6.54 Å². The van der Waals surface area contributed by atoms with Crippen LogP contribution in [0.25, 0.3) is 0 Å². The summed E-state index contributed by atoms with van der Waals surface area (Å²) in [5.41, 5.74) is 2.54. The Morgan fingerprint density at radius 2 is 2.25 bits per heavy atom. The van der Waals surface area contributed by atoms with E-state index >= 15 is 0 Å². The Balaban J connectivity index is 1.72. The smallest absolute Gasteiger partial charge is 0.212 e. The summed E-state index contributed by atoms with van der Waals surface area (Å²) in [4.78, 5) is 11.0. The third kappa shape index (κ3) is 2.80. The van der Waals surface area contributed by atoms with Crippen LogP contribution in [0.3, 0.4) is 0 Å². The summed E-state index contributed by atoms with van der Waals surface area (Å²) in [7, 11) is 1.64. The van der Waals surface area contributed by atoms with Gasteiger partial charge in [-0.2, -0.15) is 0 Å². The molecule has 3 heterocycles. The van der Waals surface area contributed by atoms with Gasteiger partial charge < -0.3 is 4.74 Å². The van der Waals surface area contributed by atoms with Crippen molar-refractivity contribution in [3.63, 3.8) is 0 Å². The predicted molar refractivity (Wildman–Crippen MR) is 77.4 cm³/mol. The molecule has 0 aromatic carbocycles. The highest BCUT2D eigenvalue weighted by atomic mass is 16.5. The Morgan fingerprint density at radius 3 is 2.95 bits per heavy atom. The number of hydrogen-bond acceptors (Lipinski definition) is 4. The lowest BCUT2D eigenvalue weighted by molar-refractivity contribution is 0.247. The molecule has 0 spiro atoms. The fourth-order valence-electron chi connectivity index (χ4n) is 2.83. The lowest BCUT2D eigenvalue weighted by atomic mass is 10.1. The maximum Gasteiger partial charge on any atom is 0.212 e. The first-order valence-corrected chi connectivity index (χ1v) is 7.00. The summed E-state index contributed by atoms with van der Waals surface area (Å²) in [5, 5.41) is 0. The number of rotatable bonds is 4. The zero-order chi connectivity index (χ0) is 13.8. The largest absolute Gasteiger partial charge is 0.481 e. The fourth-order valence-corrected chi connectivity index (χ4v) is 2.83. The van der Waals surface area contributed by atoms with E-state index in [2.05, 4.69) is 27.0 Å². The monoisotopic (exact) mass is 269 g/mol. The van der Waals surface area contributed by atoms with E-state index in [1.807, 2.05) is 30.7 Å². The van der Waals surface area contributed by atoms with E-state index in [4.69, 9.17) is 4.74 Å². The molecule has 2 aromatic rings. The molecule has 0 amide bonds. The van der Waals surface area contributed by atoms with Crippen LogP contribution in [0.1, 0.15) is 30.0 Å². The first-order valence-electron chi connectivity index (χ1n) is 7.00. The molecule has 1 aliphatic rings. The lowest BCUT2D eigenvalue weighted by Gasteiger charge is -2.24. The van der Waals surface area contributed by atoms with Crippen molar-refractivity contribution in [1.29, 1.82) is 0 Å². The second-order valence-corrected chi connectivity index (χ2v) is 5.12. The summed E-state index contributed by atoms with van der Waals surface area (Å²) in [6.45, 7) is 2.06. The Hall–Kier alpha value is -1.94. The molecule has 2 aromatic heterocycles. The molecular formula is C16H19N3O. The molecule has 1 saturated heterocycles. The van der Waals surface area contributed by atoms with Gasteiger partial charge in [-0.1, -0.05) is 12.1 Å². The summed E-state index contributed by atoms with van der Waals surface area (Å²) < 4.78 is 5.10. The Morgan fingerprint density at radius 1 is 1.30 bits per heavy atom. The highest BCUT2D eigenvalue weighted by molar-refractivity contribution is 5.20. The van der Waals surface area contributed by atoms with Crippen LogP contribution in [0.2, 0.25) is 0 Å². The molecule has 1 aliphatic heterocycles. The molecule has 0 saturated carbocycles. The van der Waals surface area contributed by atoms with Crippen LogP contribution in [0.15, 0.2) is 42.9 Å². The van der Waals surface area contributed by atoms with Crippen LogP contribution >= 0.6 is 0 Å². The average Bonchev–Trinajstić information content (AvgIpc) is 2.97. The lowest BCUT2D eigenvalue weighted by Crippen LogP contribution is -2.22. The maximum atomic E-state index is 5.10. The van der Waals surface area contributed by atoms with E-state index in [9.17, 15) is 0 Å². The average molecular weight is 269 g/mol. The van der Waals surface area contributed by atoms with Gasteiger partial charge in [0.1, 0.15) is 0 Å². The van der Waals surface area contributed by atoms with Gasteiger partial charge in [-0.25, -0.2) is 4.98 Å². The molecule has 0 bridgehead atoms. The van der Waals surface area contributed by atoms with E-state index in [0.29, 0.717) is 11.9 Å². The zero-order valence-corrected chi connectivity index (χ0v) is 11.7. The Labute approximate surface area is 119 Å². The number of likely N-dealkylation sites (tertiary alicyclic amines) is 1. The van der Waals surface area contributed by atoms with Gasteiger partial charge in [0, 0.05) is 37.2 Å². The number of nitrogens with zero attached hydrogens (tertiary/aromatic N) is 3. The topological polar surface area (TPSA) is 38.2 Å². The molecule has 4 heteroatoms. The SMILES string of the molecule is COc1ccc(CN2CCCC2c2cccnc2)cn1. The summed E-state index contributed by atoms with van der Waals surface area (Å²) in [6.07, 6.45) is 8.15. The van der Waals surface area contributed by atoms with Gasteiger partial charge in [0.05, 0.1) is 7.11 Å². The number of methoxy groups -OCH3 is 1. The molecule has 3 rings (SSSR count). The van der Waals surface area contributed by atoms with Gasteiger partial charge in [0.25, 0.3) is 0 Å². The molecule has 0 N–H and O–H groups in total. The minimum atomic E-state index is 0.478. The van der Waals surface area contributed by atoms with Crippen molar-refractivity contribution in [2.75, 3.05) is 13.7 Å². The van der Waals surface area contributed by atoms with Crippen molar-refractivity contribution in [1.82, 2.24) is 14.9 Å². The first-order chi connectivity index (χ1) is 9.86. The normalized spacial score (nSPS) is 19.1. The summed E-state index contributed by atoms with van der Waals surface area (Å²) in [5.74, 6) is 0.666. The number of aromatic nitrogens is 2. The quantitative estimate of drug-likeness (QED) is 0.855. The van der Waals surface area contributed by atoms with Gasteiger partial charge in [-0.3, -0.25) is 9.88 Å². The van der Waals surface area contributed by atoms with Crippen molar-refractivity contribution < 1.29 is 4.74 Å². The molecule has 1 fully saturated rings. The molecule has 1 unspecified atom stereocenters. The fraction of sp³-hybridized carbons (Fsp3) is 0.375. The van der Waals surface area contributed by atoms with Gasteiger partial charge in [0.2, 0.25) is 5.88 Å². The molecule has 104 valence electrons. The van der Waals surface area contributed by atoms with E-state index in [0.717, 1.165) is 13.1 Å². The summed E-state index contributed by atoms with van der Waals surface area (Å²) >= 11 is 0. The molecule has 0 radical (unpaired) electrons. The molecule has 20 heavy (non-hydrogen) atoms. The Kier molecular flexibility index (Phi) is 3.92. The van der Waals surface area contributed by atoms with Crippen molar-refractivity contribution >= 4 is 0 Å². The third-order valence-corrected chi connectivity index (χ3v) is 3.83. The van der Waals surface area contributed by atoms with Crippen LogP contribution in [0, 0.1) is 0 Å². The zero-order valence-electron chi connectivity index (χ0n) is 11.7. The van der Waals surface area contributed by atoms with E-state index in [1.54, 1.807) is 7.11 Å². The van der Waals surface area contributed by atoms with Crippen molar-refractivity contribution in [3.8, 4) is 5.88 Å². The molecule has 1 atom stereocenters. The van der Waals surface area contributed by atoms with Crippen molar-refractivity contribution in [3.05, 3.63) is 54.0 Å². The highest BCUT2D eigenvalue weighted by Gasteiger charge is 2.25. The van der Waals surface area contributed by atoms with E-state index < -0.39 is 0 Å². The number of pyridine rings is 2. The van der Waals surface area contributed by atoms with Crippen LogP contribution in [0.4, 0.5) is 0 Å². The van der Waals surface area contributed by atoms with Gasteiger partial charge in [-0.15, -0.1) is 0 Å². The van der Waals surface area contributed by atoms with Crippen molar-refractivity contribution in [2.24, 2.45) is 0 Å². The molecule has 0 aliphatic carbocycles. The standard InChI is InChI=1S/C16H19N3O/c1-20-16-7-6-13(10-18-16)12-19-9-3-5-15(19)14-4-2-8-17-11-14/h2,4,6-8,10-11,15H,3,5,9,12H2,1H3. The maximum absolute atomic E-state index is 5.10. The van der Waals surface area contributed by atoms with Gasteiger partial charge >= 0.3 is 0 Å². The van der Waals surface area contributed by atoms with E-state index in [-0.39, 0.29) is 0 Å².